The number of anilines is 1. The van der Waals surface area contributed by atoms with Crippen molar-refractivity contribution in [2.24, 2.45) is 0 Å². The Morgan fingerprint density at radius 2 is 2.04 bits per heavy atom. The van der Waals surface area contributed by atoms with E-state index in [0.29, 0.717) is 18.7 Å². The Hall–Kier alpha value is -2.06. The van der Waals surface area contributed by atoms with E-state index in [1.807, 2.05) is 29.2 Å². The first-order valence-corrected chi connectivity index (χ1v) is 8.26. The van der Waals surface area contributed by atoms with Crippen LogP contribution in [0.5, 0.6) is 0 Å². The summed E-state index contributed by atoms with van der Waals surface area (Å²) in [6, 6.07) is 9.79. The molecule has 1 amide bonds. The number of amides is 1. The Morgan fingerprint density at radius 3 is 2.65 bits per heavy atom. The lowest BCUT2D eigenvalue weighted by atomic mass is 9.82. The predicted molar refractivity (Wildman–Crippen MR) is 88.2 cm³/mol. The second-order valence-corrected chi connectivity index (χ2v) is 6.62. The van der Waals surface area contributed by atoms with Gasteiger partial charge in [-0.05, 0) is 44.4 Å². The Morgan fingerprint density at radius 1 is 1.30 bits per heavy atom. The van der Waals surface area contributed by atoms with Crippen LogP contribution in [0.4, 0.5) is 5.69 Å². The maximum atomic E-state index is 12.3. The molecule has 5 heteroatoms. The maximum absolute atomic E-state index is 12.3. The number of nitrogens with zero attached hydrogens (tertiary/aromatic N) is 3. The standard InChI is InChI=1S/C18H23N3O2/c1-18(6-3-7-18)23-14-17(22)21-10-8-20(9-11-21)16-5-2-4-15(12-16)13-19/h2,4-5,12H,3,6-11,14H2,1H3. The van der Waals surface area contributed by atoms with Gasteiger partial charge < -0.3 is 14.5 Å². The summed E-state index contributed by atoms with van der Waals surface area (Å²) in [4.78, 5) is 16.4. The van der Waals surface area contributed by atoms with Crippen LogP contribution in [0.15, 0.2) is 24.3 Å². The van der Waals surface area contributed by atoms with E-state index in [1.54, 1.807) is 0 Å². The van der Waals surface area contributed by atoms with Crippen LogP contribution in [0.25, 0.3) is 0 Å². The zero-order valence-electron chi connectivity index (χ0n) is 13.6. The van der Waals surface area contributed by atoms with Crippen molar-refractivity contribution in [1.29, 1.82) is 5.26 Å². The van der Waals surface area contributed by atoms with Crippen LogP contribution in [-0.4, -0.2) is 49.2 Å². The zero-order chi connectivity index (χ0) is 16.3. The molecular weight excluding hydrogens is 290 g/mol. The van der Waals surface area contributed by atoms with E-state index < -0.39 is 0 Å². The fourth-order valence-electron chi connectivity index (χ4n) is 3.13. The van der Waals surface area contributed by atoms with Crippen LogP contribution in [0.3, 0.4) is 0 Å². The summed E-state index contributed by atoms with van der Waals surface area (Å²) in [7, 11) is 0. The van der Waals surface area contributed by atoms with Crippen molar-refractivity contribution in [3.05, 3.63) is 29.8 Å². The monoisotopic (exact) mass is 313 g/mol. The summed E-state index contributed by atoms with van der Waals surface area (Å²) in [6.45, 7) is 5.27. The minimum Gasteiger partial charge on any atom is -0.368 e. The molecule has 1 aliphatic heterocycles. The minimum absolute atomic E-state index is 0.0742. The molecule has 1 aromatic carbocycles. The number of nitriles is 1. The second-order valence-electron chi connectivity index (χ2n) is 6.62. The van der Waals surface area contributed by atoms with Gasteiger partial charge in [-0.25, -0.2) is 0 Å². The molecule has 1 saturated carbocycles. The lowest BCUT2D eigenvalue weighted by Gasteiger charge is -2.40. The fraction of sp³-hybridized carbons (Fsp3) is 0.556. The third-order valence-corrected chi connectivity index (χ3v) is 4.93. The summed E-state index contributed by atoms with van der Waals surface area (Å²) in [6.07, 6.45) is 3.32. The zero-order valence-corrected chi connectivity index (χ0v) is 13.6. The van der Waals surface area contributed by atoms with Crippen molar-refractivity contribution in [3.63, 3.8) is 0 Å². The van der Waals surface area contributed by atoms with Crippen molar-refractivity contribution in [3.8, 4) is 6.07 Å². The van der Waals surface area contributed by atoms with Gasteiger partial charge in [0, 0.05) is 31.9 Å². The highest BCUT2D eigenvalue weighted by atomic mass is 16.5. The summed E-state index contributed by atoms with van der Waals surface area (Å²) < 4.78 is 5.78. The average Bonchev–Trinajstić information content (AvgIpc) is 2.58. The Kier molecular flexibility index (Phi) is 4.53. The number of piperazine rings is 1. The molecule has 5 nitrogen and oxygen atoms in total. The number of carbonyl (C=O) groups excluding carboxylic acids is 1. The van der Waals surface area contributed by atoms with Crippen LogP contribution in [0.2, 0.25) is 0 Å². The molecule has 23 heavy (non-hydrogen) atoms. The summed E-state index contributed by atoms with van der Waals surface area (Å²) in [5.41, 5.74) is 1.65. The van der Waals surface area contributed by atoms with E-state index in [4.69, 9.17) is 10.00 Å². The van der Waals surface area contributed by atoms with Crippen molar-refractivity contribution < 1.29 is 9.53 Å². The molecule has 0 N–H and O–H groups in total. The molecule has 3 rings (SSSR count). The predicted octanol–water partition coefficient (Wildman–Crippen LogP) is 2.17. The molecule has 0 spiro atoms. The average molecular weight is 313 g/mol. The first-order valence-electron chi connectivity index (χ1n) is 8.26. The van der Waals surface area contributed by atoms with Gasteiger partial charge in [-0.2, -0.15) is 5.26 Å². The van der Waals surface area contributed by atoms with Gasteiger partial charge in [0.1, 0.15) is 6.61 Å². The molecule has 1 aromatic rings. The van der Waals surface area contributed by atoms with E-state index in [2.05, 4.69) is 17.9 Å². The van der Waals surface area contributed by atoms with Gasteiger partial charge in [0.05, 0.1) is 17.2 Å². The molecule has 2 fully saturated rings. The fourth-order valence-corrected chi connectivity index (χ4v) is 3.13. The first-order chi connectivity index (χ1) is 11.1. The summed E-state index contributed by atoms with van der Waals surface area (Å²) in [5.74, 6) is 0.0866. The molecule has 1 saturated heterocycles. The molecule has 1 heterocycles. The van der Waals surface area contributed by atoms with Crippen LogP contribution in [-0.2, 0) is 9.53 Å². The second kappa shape index (κ2) is 6.59. The number of hydrogen-bond acceptors (Lipinski definition) is 4. The van der Waals surface area contributed by atoms with Gasteiger partial charge in [-0.3, -0.25) is 4.79 Å². The summed E-state index contributed by atoms with van der Waals surface area (Å²) >= 11 is 0. The topological polar surface area (TPSA) is 56.6 Å². The smallest absolute Gasteiger partial charge is 0.248 e. The lowest BCUT2D eigenvalue weighted by molar-refractivity contribution is -0.149. The Labute approximate surface area is 137 Å². The number of rotatable bonds is 4. The number of benzene rings is 1. The molecular formula is C18H23N3O2. The molecule has 0 radical (unpaired) electrons. The molecule has 2 aliphatic rings. The quantitative estimate of drug-likeness (QED) is 0.855. The molecule has 0 atom stereocenters. The number of carbonyl (C=O) groups is 1. The molecule has 0 bridgehead atoms. The molecule has 122 valence electrons. The van der Waals surface area contributed by atoms with Gasteiger partial charge in [0.15, 0.2) is 0 Å². The SMILES string of the molecule is CC1(OCC(=O)N2CCN(c3cccc(C#N)c3)CC2)CCC1. The van der Waals surface area contributed by atoms with E-state index in [-0.39, 0.29) is 18.1 Å². The van der Waals surface area contributed by atoms with Gasteiger partial charge in [0.25, 0.3) is 0 Å². The Bertz CT molecular complexity index is 611. The van der Waals surface area contributed by atoms with E-state index >= 15 is 0 Å². The summed E-state index contributed by atoms with van der Waals surface area (Å²) in [5, 5.41) is 8.99. The van der Waals surface area contributed by atoms with Crippen LogP contribution in [0.1, 0.15) is 31.7 Å². The van der Waals surface area contributed by atoms with E-state index in [9.17, 15) is 4.79 Å². The number of hydrogen-bond donors (Lipinski definition) is 0. The minimum atomic E-state index is -0.0742. The third kappa shape index (κ3) is 3.65. The van der Waals surface area contributed by atoms with E-state index in [0.717, 1.165) is 31.6 Å². The molecule has 0 unspecified atom stereocenters. The van der Waals surface area contributed by atoms with Crippen LogP contribution in [0, 0.1) is 11.3 Å². The van der Waals surface area contributed by atoms with Crippen molar-refractivity contribution in [2.45, 2.75) is 31.8 Å². The Balaban J connectivity index is 1.49. The van der Waals surface area contributed by atoms with Gasteiger partial charge in [-0.1, -0.05) is 6.07 Å². The molecule has 0 aromatic heterocycles. The van der Waals surface area contributed by atoms with E-state index in [1.165, 1.54) is 6.42 Å². The lowest BCUT2D eigenvalue weighted by Crippen LogP contribution is -2.50. The van der Waals surface area contributed by atoms with Crippen molar-refractivity contribution in [1.82, 2.24) is 4.90 Å². The van der Waals surface area contributed by atoms with Gasteiger partial charge in [-0.15, -0.1) is 0 Å². The normalized spacial score (nSPS) is 19.8. The largest absolute Gasteiger partial charge is 0.368 e. The van der Waals surface area contributed by atoms with Crippen LogP contribution >= 0.6 is 0 Å². The molecule has 1 aliphatic carbocycles. The van der Waals surface area contributed by atoms with Crippen molar-refractivity contribution in [2.75, 3.05) is 37.7 Å². The highest BCUT2D eigenvalue weighted by molar-refractivity contribution is 5.77. The number of ether oxygens (including phenoxy) is 1. The van der Waals surface area contributed by atoms with Gasteiger partial charge >= 0.3 is 0 Å². The first kappa shape index (κ1) is 15.8. The highest BCUT2D eigenvalue weighted by Crippen LogP contribution is 2.34. The highest BCUT2D eigenvalue weighted by Gasteiger charge is 2.34. The maximum Gasteiger partial charge on any atom is 0.248 e. The van der Waals surface area contributed by atoms with Gasteiger partial charge in [0.2, 0.25) is 5.91 Å². The van der Waals surface area contributed by atoms with Crippen LogP contribution < -0.4 is 4.90 Å². The third-order valence-electron chi connectivity index (χ3n) is 4.93. The van der Waals surface area contributed by atoms with Crippen molar-refractivity contribution >= 4 is 11.6 Å².